The van der Waals surface area contributed by atoms with Crippen LogP contribution < -0.4 is 0 Å². The van der Waals surface area contributed by atoms with Gasteiger partial charge in [0.05, 0.1) is 34.4 Å². The molecule has 0 aliphatic carbocycles. The molecule has 8 nitrogen and oxygen atoms in total. The summed E-state index contributed by atoms with van der Waals surface area (Å²) in [5.41, 5.74) is 0. The standard InChI is InChI=1S/C57H97NO7/c1-6-8-10-12-14-16-18-20-22-24-26-27-28-30-32-34-36-38-40-42-44-46-48-56(60)65-53(51-63-50-49-54(57(61)62)58(3,4)5)52-64-55(59)47-45-43-41-39-37-35-33-31-29-25-23-21-19-17-15-13-11-9-7-2/h8,10,14-17,19-22,26-27,30,32,53-54H,6-7,9,11-13,18,23-25,28-29,31,33-52H2,1-5H3/p+1/b10-8+,16-14+,17-15+,21-19+,22-20+,27-26+,32-30+. The average Bonchev–Trinajstić information content (AvgIpc) is 3.27. The third-order valence-electron chi connectivity index (χ3n) is 11.3. The van der Waals surface area contributed by atoms with Gasteiger partial charge in [0.1, 0.15) is 6.61 Å². The van der Waals surface area contributed by atoms with E-state index in [9.17, 15) is 19.5 Å². The van der Waals surface area contributed by atoms with E-state index in [0.717, 1.165) is 83.5 Å². The number of ether oxygens (including phenoxy) is 3. The van der Waals surface area contributed by atoms with Crippen LogP contribution in [0.4, 0.5) is 0 Å². The number of nitrogens with zero attached hydrogens (tertiary/aromatic N) is 1. The molecular formula is C57H98NO7+. The van der Waals surface area contributed by atoms with Gasteiger partial charge in [-0.05, 0) is 83.5 Å². The summed E-state index contributed by atoms with van der Waals surface area (Å²) in [5.74, 6) is -1.49. The number of aliphatic carboxylic acids is 1. The van der Waals surface area contributed by atoms with E-state index in [1.165, 1.54) is 89.9 Å². The molecule has 0 spiro atoms. The second-order valence-electron chi connectivity index (χ2n) is 18.4. The summed E-state index contributed by atoms with van der Waals surface area (Å²) < 4.78 is 17.4. The molecule has 0 aromatic rings. The minimum absolute atomic E-state index is 0.0499. The highest BCUT2D eigenvalue weighted by Gasteiger charge is 2.31. The Hall–Kier alpha value is -3.49. The van der Waals surface area contributed by atoms with Crippen LogP contribution in [-0.4, -0.2) is 80.6 Å². The minimum Gasteiger partial charge on any atom is -0.477 e. The zero-order valence-corrected chi connectivity index (χ0v) is 42.4. The van der Waals surface area contributed by atoms with Crippen molar-refractivity contribution < 1.29 is 38.2 Å². The molecule has 0 saturated heterocycles. The molecule has 372 valence electrons. The highest BCUT2D eigenvalue weighted by molar-refractivity contribution is 5.72. The molecule has 8 heteroatoms. The van der Waals surface area contributed by atoms with Gasteiger partial charge in [-0.2, -0.15) is 0 Å². The monoisotopic (exact) mass is 909 g/mol. The molecule has 0 aromatic carbocycles. The molecule has 0 aliphatic heterocycles. The van der Waals surface area contributed by atoms with Crippen molar-refractivity contribution in [1.29, 1.82) is 0 Å². The summed E-state index contributed by atoms with van der Waals surface area (Å²) in [6.45, 7) is 4.58. The van der Waals surface area contributed by atoms with Gasteiger partial charge in [-0.1, -0.05) is 189 Å². The Labute approximate surface area is 399 Å². The van der Waals surface area contributed by atoms with Crippen LogP contribution in [0.5, 0.6) is 0 Å². The summed E-state index contributed by atoms with van der Waals surface area (Å²) in [6, 6.07) is -0.623. The Morgan fingerprint density at radius 2 is 0.908 bits per heavy atom. The number of quaternary nitrogens is 1. The smallest absolute Gasteiger partial charge is 0.362 e. The predicted octanol–water partition coefficient (Wildman–Crippen LogP) is 15.3. The third kappa shape index (κ3) is 45.5. The molecule has 2 unspecified atom stereocenters. The summed E-state index contributed by atoms with van der Waals surface area (Å²) in [7, 11) is 5.52. The summed E-state index contributed by atoms with van der Waals surface area (Å²) >= 11 is 0. The zero-order valence-electron chi connectivity index (χ0n) is 42.4. The van der Waals surface area contributed by atoms with Crippen molar-refractivity contribution >= 4 is 17.9 Å². The van der Waals surface area contributed by atoms with Crippen LogP contribution in [-0.2, 0) is 28.6 Å². The van der Waals surface area contributed by atoms with Gasteiger partial charge >= 0.3 is 17.9 Å². The van der Waals surface area contributed by atoms with Gasteiger partial charge in [0.15, 0.2) is 12.1 Å². The van der Waals surface area contributed by atoms with E-state index in [0.29, 0.717) is 19.3 Å². The van der Waals surface area contributed by atoms with E-state index in [1.807, 2.05) is 21.1 Å². The van der Waals surface area contributed by atoms with E-state index < -0.39 is 18.1 Å². The fourth-order valence-electron chi connectivity index (χ4n) is 7.29. The first-order valence-corrected chi connectivity index (χ1v) is 26.1. The topological polar surface area (TPSA) is 99.1 Å². The Kier molecular flexibility index (Phi) is 44.5. The number of hydrogen-bond acceptors (Lipinski definition) is 6. The Morgan fingerprint density at radius 1 is 0.492 bits per heavy atom. The molecule has 0 rings (SSSR count). The van der Waals surface area contributed by atoms with E-state index in [-0.39, 0.29) is 36.2 Å². The van der Waals surface area contributed by atoms with Crippen LogP contribution in [0, 0.1) is 0 Å². The van der Waals surface area contributed by atoms with Crippen molar-refractivity contribution in [2.24, 2.45) is 0 Å². The number of hydrogen-bond donors (Lipinski definition) is 1. The van der Waals surface area contributed by atoms with E-state index in [1.54, 1.807) is 0 Å². The first kappa shape index (κ1) is 61.5. The first-order valence-electron chi connectivity index (χ1n) is 26.1. The lowest BCUT2D eigenvalue weighted by Crippen LogP contribution is -2.50. The lowest BCUT2D eigenvalue weighted by atomic mass is 10.1. The highest BCUT2D eigenvalue weighted by atomic mass is 16.6. The van der Waals surface area contributed by atoms with Gasteiger partial charge in [0.25, 0.3) is 0 Å². The van der Waals surface area contributed by atoms with Crippen molar-refractivity contribution in [2.75, 3.05) is 41.0 Å². The molecule has 0 amide bonds. The fraction of sp³-hybridized carbons (Fsp3) is 0.702. The number of carboxylic acid groups (broad SMARTS) is 1. The quantitative estimate of drug-likeness (QED) is 0.0213. The van der Waals surface area contributed by atoms with Gasteiger partial charge in [-0.25, -0.2) is 4.79 Å². The maximum absolute atomic E-state index is 12.8. The molecule has 0 aliphatic rings. The number of carbonyl (C=O) groups excluding carboxylic acids is 2. The van der Waals surface area contributed by atoms with Crippen LogP contribution in [0.1, 0.15) is 206 Å². The molecule has 0 saturated carbocycles. The molecule has 2 atom stereocenters. The Balaban J connectivity index is 4.29. The van der Waals surface area contributed by atoms with E-state index in [2.05, 4.69) is 98.9 Å². The van der Waals surface area contributed by atoms with Crippen molar-refractivity contribution in [3.8, 4) is 0 Å². The normalized spacial score (nSPS) is 13.6. The summed E-state index contributed by atoms with van der Waals surface area (Å²) in [5, 5.41) is 9.66. The number of esters is 2. The number of likely N-dealkylation sites (N-methyl/N-ethyl adjacent to an activating group) is 1. The maximum Gasteiger partial charge on any atom is 0.362 e. The number of carboxylic acids is 1. The summed E-state index contributed by atoms with van der Waals surface area (Å²) in [4.78, 5) is 37.2. The molecule has 0 fully saturated rings. The van der Waals surface area contributed by atoms with Crippen molar-refractivity contribution in [2.45, 2.75) is 219 Å². The first-order chi connectivity index (χ1) is 31.6. The number of rotatable bonds is 46. The largest absolute Gasteiger partial charge is 0.477 e. The Bertz CT molecular complexity index is 1330. The number of carbonyl (C=O) groups is 3. The van der Waals surface area contributed by atoms with Gasteiger partial charge in [-0.3, -0.25) is 9.59 Å². The van der Waals surface area contributed by atoms with Gasteiger partial charge < -0.3 is 23.8 Å². The van der Waals surface area contributed by atoms with E-state index >= 15 is 0 Å². The zero-order chi connectivity index (χ0) is 47.7. The van der Waals surface area contributed by atoms with Gasteiger partial charge in [0, 0.05) is 19.3 Å². The van der Waals surface area contributed by atoms with Crippen LogP contribution in [0.25, 0.3) is 0 Å². The van der Waals surface area contributed by atoms with Crippen LogP contribution in [0.3, 0.4) is 0 Å². The summed E-state index contributed by atoms with van der Waals surface area (Å²) in [6.07, 6.45) is 62.0. The van der Waals surface area contributed by atoms with Crippen molar-refractivity contribution in [3.63, 3.8) is 0 Å². The molecule has 65 heavy (non-hydrogen) atoms. The highest BCUT2D eigenvalue weighted by Crippen LogP contribution is 2.15. The predicted molar refractivity (Wildman–Crippen MR) is 275 cm³/mol. The fourth-order valence-corrected chi connectivity index (χ4v) is 7.29. The number of allylic oxidation sites excluding steroid dienone is 14. The molecule has 0 bridgehead atoms. The number of unbranched alkanes of at least 4 members (excludes halogenated alkanes) is 19. The van der Waals surface area contributed by atoms with Gasteiger partial charge in [0.2, 0.25) is 0 Å². The maximum atomic E-state index is 12.8. The molecular weight excluding hydrogens is 811 g/mol. The second kappa shape index (κ2) is 47.0. The molecule has 0 radical (unpaired) electrons. The molecule has 1 N–H and O–H groups in total. The lowest BCUT2D eigenvalue weighted by Gasteiger charge is -2.31. The Morgan fingerprint density at radius 3 is 1.37 bits per heavy atom. The molecule has 0 heterocycles. The van der Waals surface area contributed by atoms with Crippen LogP contribution >= 0.6 is 0 Å². The SMILES string of the molecule is CC/C=C/C/C=C/C/C=C/C/C=C/C/C=C/CCCCCCCCC(=O)OC(COCCC(C(=O)O)[N+](C)(C)C)COC(=O)CCCCCCCCCCCC/C=C/C=C/CCCCC. The minimum atomic E-state index is -0.880. The average molecular weight is 909 g/mol. The second-order valence-corrected chi connectivity index (χ2v) is 18.4. The lowest BCUT2D eigenvalue weighted by molar-refractivity contribution is -0.887. The molecule has 0 aromatic heterocycles. The van der Waals surface area contributed by atoms with Gasteiger partial charge in [-0.15, -0.1) is 0 Å². The van der Waals surface area contributed by atoms with Crippen LogP contribution in [0.2, 0.25) is 0 Å². The van der Waals surface area contributed by atoms with Crippen LogP contribution in [0.15, 0.2) is 85.1 Å². The van der Waals surface area contributed by atoms with Crippen molar-refractivity contribution in [3.05, 3.63) is 85.1 Å². The van der Waals surface area contributed by atoms with E-state index in [4.69, 9.17) is 14.2 Å². The third-order valence-corrected chi connectivity index (χ3v) is 11.3. The van der Waals surface area contributed by atoms with Crippen molar-refractivity contribution in [1.82, 2.24) is 0 Å².